The Morgan fingerprint density at radius 2 is 1.62 bits per heavy atom. The highest BCUT2D eigenvalue weighted by molar-refractivity contribution is 5.78. The van der Waals surface area contributed by atoms with Gasteiger partial charge in [-0.05, 0) is 50.6 Å². The van der Waals surface area contributed by atoms with Crippen molar-refractivity contribution in [3.8, 4) is 0 Å². The van der Waals surface area contributed by atoms with Crippen molar-refractivity contribution in [2.24, 2.45) is 5.41 Å². The van der Waals surface area contributed by atoms with Crippen LogP contribution in [0.25, 0.3) is 0 Å². The molecule has 1 saturated carbocycles. The van der Waals surface area contributed by atoms with Gasteiger partial charge in [0.25, 0.3) is 0 Å². The van der Waals surface area contributed by atoms with Crippen molar-refractivity contribution >= 4 is 5.91 Å². The zero-order valence-corrected chi connectivity index (χ0v) is 13.4. The SMILES string of the molecule is O=C(CN1CCCNCC1)N1CCC2(CCCCC2)CC1. The van der Waals surface area contributed by atoms with Crippen LogP contribution in [0.2, 0.25) is 0 Å². The molecule has 1 spiro atoms. The second-order valence-electron chi connectivity index (χ2n) is 7.32. The molecule has 0 radical (unpaired) electrons. The quantitative estimate of drug-likeness (QED) is 0.844. The van der Waals surface area contributed by atoms with E-state index in [0.717, 1.165) is 45.7 Å². The molecule has 2 aliphatic heterocycles. The van der Waals surface area contributed by atoms with E-state index >= 15 is 0 Å². The molecule has 1 aliphatic carbocycles. The molecule has 4 heteroatoms. The molecule has 0 unspecified atom stereocenters. The van der Waals surface area contributed by atoms with Crippen molar-refractivity contribution in [3.63, 3.8) is 0 Å². The number of hydrogen-bond donors (Lipinski definition) is 1. The Bertz CT molecular complexity index is 334. The fourth-order valence-electron chi connectivity index (χ4n) is 4.38. The molecule has 21 heavy (non-hydrogen) atoms. The monoisotopic (exact) mass is 293 g/mol. The van der Waals surface area contributed by atoms with Crippen molar-refractivity contribution in [2.45, 2.75) is 51.4 Å². The van der Waals surface area contributed by atoms with Gasteiger partial charge in [-0.2, -0.15) is 0 Å². The van der Waals surface area contributed by atoms with Crippen LogP contribution in [0.5, 0.6) is 0 Å². The van der Waals surface area contributed by atoms with Crippen LogP contribution < -0.4 is 5.32 Å². The van der Waals surface area contributed by atoms with Gasteiger partial charge < -0.3 is 10.2 Å². The maximum absolute atomic E-state index is 12.5. The molecule has 0 aromatic rings. The summed E-state index contributed by atoms with van der Waals surface area (Å²) in [6.45, 7) is 6.85. The molecule has 2 heterocycles. The lowest BCUT2D eigenvalue weighted by Gasteiger charge is -2.44. The average molecular weight is 293 g/mol. The van der Waals surface area contributed by atoms with Gasteiger partial charge in [-0.25, -0.2) is 0 Å². The Labute approximate surface area is 129 Å². The largest absolute Gasteiger partial charge is 0.342 e. The molecule has 0 bridgehead atoms. The Kier molecular flexibility index (Phi) is 5.17. The molecule has 0 atom stereocenters. The van der Waals surface area contributed by atoms with E-state index in [2.05, 4.69) is 15.1 Å². The molecule has 3 rings (SSSR count). The van der Waals surface area contributed by atoms with Crippen molar-refractivity contribution in [2.75, 3.05) is 45.8 Å². The van der Waals surface area contributed by atoms with Crippen molar-refractivity contribution in [1.29, 1.82) is 0 Å². The van der Waals surface area contributed by atoms with E-state index in [1.54, 1.807) is 0 Å². The lowest BCUT2D eigenvalue weighted by atomic mass is 9.68. The zero-order chi connectivity index (χ0) is 14.5. The summed E-state index contributed by atoms with van der Waals surface area (Å²) >= 11 is 0. The first-order valence-corrected chi connectivity index (χ1v) is 8.98. The third-order valence-electron chi connectivity index (χ3n) is 5.88. The number of amides is 1. The number of carbonyl (C=O) groups is 1. The van der Waals surface area contributed by atoms with E-state index < -0.39 is 0 Å². The molecule has 0 aromatic heterocycles. The van der Waals surface area contributed by atoms with Crippen LogP contribution in [0.1, 0.15) is 51.4 Å². The maximum atomic E-state index is 12.5. The molecule has 3 fully saturated rings. The van der Waals surface area contributed by atoms with Gasteiger partial charge in [0.15, 0.2) is 0 Å². The minimum absolute atomic E-state index is 0.363. The molecular formula is C17H31N3O. The second kappa shape index (κ2) is 7.10. The van der Waals surface area contributed by atoms with Crippen molar-refractivity contribution < 1.29 is 4.79 Å². The fourth-order valence-corrected chi connectivity index (χ4v) is 4.38. The van der Waals surface area contributed by atoms with Gasteiger partial charge in [0.2, 0.25) is 5.91 Å². The van der Waals surface area contributed by atoms with Crippen LogP contribution in [0.15, 0.2) is 0 Å². The first-order chi connectivity index (χ1) is 10.3. The number of nitrogens with zero attached hydrogens (tertiary/aromatic N) is 2. The molecule has 120 valence electrons. The van der Waals surface area contributed by atoms with Gasteiger partial charge in [0, 0.05) is 26.2 Å². The number of likely N-dealkylation sites (tertiary alicyclic amines) is 1. The molecule has 1 N–H and O–H groups in total. The first-order valence-electron chi connectivity index (χ1n) is 8.98. The summed E-state index contributed by atoms with van der Waals surface area (Å²) in [6.07, 6.45) is 10.7. The summed E-state index contributed by atoms with van der Waals surface area (Å²) in [5.41, 5.74) is 0.599. The standard InChI is InChI=1S/C17H31N3O/c21-16(15-19-11-4-9-18-10-14-19)20-12-7-17(8-13-20)5-2-1-3-6-17/h18H,1-15H2. The van der Waals surface area contributed by atoms with E-state index in [0.29, 0.717) is 17.9 Å². The zero-order valence-electron chi connectivity index (χ0n) is 13.4. The van der Waals surface area contributed by atoms with E-state index in [1.807, 2.05) is 0 Å². The fraction of sp³-hybridized carbons (Fsp3) is 0.941. The molecule has 3 aliphatic rings. The summed E-state index contributed by atoms with van der Waals surface area (Å²) in [6, 6.07) is 0. The summed E-state index contributed by atoms with van der Waals surface area (Å²) in [5.74, 6) is 0.363. The van der Waals surface area contributed by atoms with E-state index in [4.69, 9.17) is 0 Å². The number of carbonyl (C=O) groups excluding carboxylic acids is 1. The van der Waals surface area contributed by atoms with Crippen LogP contribution in [-0.2, 0) is 4.79 Å². The average Bonchev–Trinajstić information content (AvgIpc) is 2.77. The van der Waals surface area contributed by atoms with Gasteiger partial charge in [0.1, 0.15) is 0 Å². The Hall–Kier alpha value is -0.610. The minimum atomic E-state index is 0.363. The predicted octanol–water partition coefficient (Wildman–Crippen LogP) is 1.85. The second-order valence-corrected chi connectivity index (χ2v) is 7.32. The van der Waals surface area contributed by atoms with E-state index in [1.165, 1.54) is 44.9 Å². The predicted molar refractivity (Wildman–Crippen MR) is 85.3 cm³/mol. The van der Waals surface area contributed by atoms with Gasteiger partial charge in [0.05, 0.1) is 6.54 Å². The van der Waals surface area contributed by atoms with Crippen LogP contribution in [0.4, 0.5) is 0 Å². The van der Waals surface area contributed by atoms with Crippen LogP contribution in [0, 0.1) is 5.41 Å². The molecule has 0 aromatic carbocycles. The van der Waals surface area contributed by atoms with Gasteiger partial charge in [-0.15, -0.1) is 0 Å². The van der Waals surface area contributed by atoms with Crippen LogP contribution >= 0.6 is 0 Å². The Balaban J connectivity index is 1.46. The smallest absolute Gasteiger partial charge is 0.236 e. The molecular weight excluding hydrogens is 262 g/mol. The molecule has 4 nitrogen and oxygen atoms in total. The highest BCUT2D eigenvalue weighted by Gasteiger charge is 2.36. The number of piperidine rings is 1. The summed E-state index contributed by atoms with van der Waals surface area (Å²) in [7, 11) is 0. The van der Waals surface area contributed by atoms with Gasteiger partial charge in [-0.3, -0.25) is 9.69 Å². The number of rotatable bonds is 2. The summed E-state index contributed by atoms with van der Waals surface area (Å²) < 4.78 is 0. The van der Waals surface area contributed by atoms with E-state index in [9.17, 15) is 4.79 Å². The normalized spacial score (nSPS) is 27.5. The minimum Gasteiger partial charge on any atom is -0.342 e. The Morgan fingerprint density at radius 1 is 0.857 bits per heavy atom. The molecule has 1 amide bonds. The maximum Gasteiger partial charge on any atom is 0.236 e. The Morgan fingerprint density at radius 3 is 2.38 bits per heavy atom. The number of nitrogens with one attached hydrogen (secondary N) is 1. The summed E-state index contributed by atoms with van der Waals surface area (Å²) in [4.78, 5) is 17.0. The van der Waals surface area contributed by atoms with Crippen LogP contribution in [0.3, 0.4) is 0 Å². The first kappa shape index (κ1) is 15.3. The number of hydrogen-bond acceptors (Lipinski definition) is 3. The van der Waals surface area contributed by atoms with Gasteiger partial charge in [-0.1, -0.05) is 19.3 Å². The topological polar surface area (TPSA) is 35.6 Å². The lowest BCUT2D eigenvalue weighted by Crippen LogP contribution is -2.47. The third-order valence-corrected chi connectivity index (χ3v) is 5.88. The highest BCUT2D eigenvalue weighted by Crippen LogP contribution is 2.44. The van der Waals surface area contributed by atoms with Crippen molar-refractivity contribution in [1.82, 2.24) is 15.1 Å². The third kappa shape index (κ3) is 3.98. The van der Waals surface area contributed by atoms with Gasteiger partial charge >= 0.3 is 0 Å². The van der Waals surface area contributed by atoms with Crippen LogP contribution in [-0.4, -0.2) is 61.5 Å². The molecule has 2 saturated heterocycles. The van der Waals surface area contributed by atoms with Crippen molar-refractivity contribution in [3.05, 3.63) is 0 Å². The van der Waals surface area contributed by atoms with E-state index in [-0.39, 0.29) is 0 Å². The summed E-state index contributed by atoms with van der Waals surface area (Å²) in [5, 5.41) is 3.40. The lowest BCUT2D eigenvalue weighted by molar-refractivity contribution is -0.135. The highest BCUT2D eigenvalue weighted by atomic mass is 16.2.